The van der Waals surface area contributed by atoms with E-state index in [2.05, 4.69) is 31.9 Å². The molecule has 0 spiro atoms. The average Bonchev–Trinajstić information content (AvgIpc) is 3.18. The van der Waals surface area contributed by atoms with Crippen LogP contribution in [0.3, 0.4) is 0 Å². The highest BCUT2D eigenvalue weighted by atomic mass is 35.5. The summed E-state index contributed by atoms with van der Waals surface area (Å²) in [7, 11) is 0. The summed E-state index contributed by atoms with van der Waals surface area (Å²) in [6, 6.07) is 9.11. The number of fused-ring (bicyclic) bond motifs is 1. The molecule has 0 aromatic heterocycles. The van der Waals surface area contributed by atoms with Gasteiger partial charge < -0.3 is 9.80 Å². The molecule has 182 valence electrons. The van der Waals surface area contributed by atoms with Crippen molar-refractivity contribution in [2.45, 2.75) is 46.0 Å². The van der Waals surface area contributed by atoms with Crippen molar-refractivity contribution in [3.63, 3.8) is 0 Å². The van der Waals surface area contributed by atoms with Crippen molar-refractivity contribution in [3.8, 4) is 0 Å². The quantitative estimate of drug-likeness (QED) is 0.365. The zero-order valence-corrected chi connectivity index (χ0v) is 21.6. The molecule has 0 fully saturated rings. The van der Waals surface area contributed by atoms with E-state index in [-0.39, 0.29) is 11.5 Å². The molecule has 0 aliphatic carbocycles. The molecule has 0 saturated carbocycles. The number of thioether (sulfide) groups is 1. The number of nitrogens with zero attached hydrogens (tertiary/aromatic N) is 2. The van der Waals surface area contributed by atoms with E-state index in [1.807, 2.05) is 17.8 Å². The number of halogens is 3. The second kappa shape index (κ2) is 13.9. The summed E-state index contributed by atoms with van der Waals surface area (Å²) in [5.41, 5.74) is 1.48. The first-order valence-corrected chi connectivity index (χ1v) is 13.4. The maximum Gasteiger partial charge on any atom is 0.261 e. The van der Waals surface area contributed by atoms with Gasteiger partial charge in [-0.1, -0.05) is 44.9 Å². The van der Waals surface area contributed by atoms with Crippen LogP contribution in [0.4, 0.5) is 14.5 Å². The molecule has 7 heteroatoms. The van der Waals surface area contributed by atoms with Crippen LogP contribution in [-0.2, 0) is 0 Å². The Morgan fingerprint density at radius 1 is 1.18 bits per heavy atom. The number of amides is 1. The minimum Gasteiger partial charge on any atom is -0.307 e. The molecule has 1 aliphatic heterocycles. The molecule has 1 atom stereocenters. The van der Waals surface area contributed by atoms with Crippen molar-refractivity contribution in [1.82, 2.24) is 4.90 Å². The van der Waals surface area contributed by atoms with Crippen molar-refractivity contribution >= 4 is 35.0 Å². The van der Waals surface area contributed by atoms with Crippen LogP contribution in [0.1, 0.15) is 61.9 Å². The van der Waals surface area contributed by atoms with E-state index in [0.29, 0.717) is 11.6 Å². The maximum absolute atomic E-state index is 14.2. The predicted octanol–water partition coefficient (Wildman–Crippen LogP) is 7.24. The molecule has 2 aromatic rings. The molecule has 1 amide bonds. The number of anilines is 1. The maximum atomic E-state index is 14.2. The Hall–Kier alpha value is -1.63. The fourth-order valence-electron chi connectivity index (χ4n) is 3.92. The standard InChI is InChI=1S/C23H27ClF2N2O.C3H8S/c1-3-5-12-27(4-2)13-11-16-15-28(21-10-9-17(24)14-19(16)21)23(29)18-7-6-8-20(25)22(18)26;1-3-4-2/h6-10,14,16H,3-5,11-13,15H2,1-2H3;3H2,1-2H3. The SMILES string of the molecule is CCCCN(CC)CCC1CN(C(=O)c2cccc(F)c2F)c2ccc(Cl)cc21.CCSC. The van der Waals surface area contributed by atoms with Gasteiger partial charge in [0.1, 0.15) is 0 Å². The molecule has 1 aliphatic rings. The van der Waals surface area contributed by atoms with Crippen molar-refractivity contribution in [2.75, 3.05) is 43.1 Å². The highest BCUT2D eigenvalue weighted by molar-refractivity contribution is 7.98. The van der Waals surface area contributed by atoms with Crippen LogP contribution < -0.4 is 4.90 Å². The van der Waals surface area contributed by atoms with Crippen LogP contribution >= 0.6 is 23.4 Å². The summed E-state index contributed by atoms with van der Waals surface area (Å²) in [5.74, 6) is -1.29. The highest BCUT2D eigenvalue weighted by Crippen LogP contribution is 2.40. The highest BCUT2D eigenvalue weighted by Gasteiger charge is 2.34. The summed E-state index contributed by atoms with van der Waals surface area (Å²) in [5, 5.41) is 0.610. The van der Waals surface area contributed by atoms with E-state index in [9.17, 15) is 13.6 Å². The Kier molecular flexibility index (Phi) is 11.7. The Labute approximate surface area is 206 Å². The first kappa shape index (κ1) is 27.6. The summed E-state index contributed by atoms with van der Waals surface area (Å²) >= 11 is 8.07. The van der Waals surface area contributed by atoms with E-state index in [4.69, 9.17) is 11.6 Å². The number of carbonyl (C=O) groups excluding carboxylic acids is 1. The van der Waals surface area contributed by atoms with Gasteiger partial charge in [0.25, 0.3) is 5.91 Å². The number of hydrogen-bond donors (Lipinski definition) is 0. The second-order valence-corrected chi connectivity index (χ2v) is 9.66. The lowest BCUT2D eigenvalue weighted by atomic mass is 9.97. The molecule has 0 radical (unpaired) electrons. The van der Waals surface area contributed by atoms with Gasteiger partial charge in [-0.3, -0.25) is 4.79 Å². The van der Waals surface area contributed by atoms with Crippen LogP contribution in [0, 0.1) is 11.6 Å². The molecule has 1 unspecified atom stereocenters. The predicted molar refractivity (Wildman–Crippen MR) is 138 cm³/mol. The zero-order valence-electron chi connectivity index (χ0n) is 20.0. The number of carbonyl (C=O) groups is 1. The van der Waals surface area contributed by atoms with Crippen molar-refractivity contribution < 1.29 is 13.6 Å². The van der Waals surface area contributed by atoms with Crippen molar-refractivity contribution in [2.24, 2.45) is 0 Å². The number of rotatable bonds is 9. The lowest BCUT2D eigenvalue weighted by Crippen LogP contribution is -2.32. The van der Waals surface area contributed by atoms with Gasteiger partial charge >= 0.3 is 0 Å². The lowest BCUT2D eigenvalue weighted by Gasteiger charge is -2.22. The van der Waals surface area contributed by atoms with Gasteiger partial charge in [0.2, 0.25) is 0 Å². The smallest absolute Gasteiger partial charge is 0.261 e. The normalized spacial score (nSPS) is 14.8. The first-order valence-electron chi connectivity index (χ1n) is 11.6. The fraction of sp³-hybridized carbons (Fsp3) is 0.500. The Morgan fingerprint density at radius 2 is 1.91 bits per heavy atom. The molecular weight excluding hydrogens is 462 g/mol. The van der Waals surface area contributed by atoms with E-state index >= 15 is 0 Å². The molecule has 3 rings (SSSR count). The van der Waals surface area contributed by atoms with Gasteiger partial charge in [0, 0.05) is 23.2 Å². The molecule has 3 nitrogen and oxygen atoms in total. The summed E-state index contributed by atoms with van der Waals surface area (Å²) < 4.78 is 27.8. The topological polar surface area (TPSA) is 23.6 Å². The summed E-state index contributed by atoms with van der Waals surface area (Å²) in [4.78, 5) is 17.0. The van der Waals surface area contributed by atoms with Crippen molar-refractivity contribution in [1.29, 1.82) is 0 Å². The van der Waals surface area contributed by atoms with Crippen LogP contribution in [0.2, 0.25) is 5.02 Å². The number of hydrogen-bond acceptors (Lipinski definition) is 3. The largest absolute Gasteiger partial charge is 0.307 e. The minimum atomic E-state index is -1.10. The third-order valence-electron chi connectivity index (χ3n) is 5.91. The van der Waals surface area contributed by atoms with Crippen LogP contribution in [0.15, 0.2) is 36.4 Å². The van der Waals surface area contributed by atoms with E-state index in [0.717, 1.165) is 56.2 Å². The first-order chi connectivity index (χ1) is 15.9. The molecule has 1 heterocycles. The van der Waals surface area contributed by atoms with Gasteiger partial charge in [-0.15, -0.1) is 0 Å². The molecule has 0 saturated heterocycles. The Balaban J connectivity index is 0.000000890. The fourth-order valence-corrected chi connectivity index (χ4v) is 4.10. The van der Waals surface area contributed by atoms with Gasteiger partial charge in [-0.2, -0.15) is 11.8 Å². The Bertz CT molecular complexity index is 910. The molecule has 0 bridgehead atoms. The molecular formula is C26H35ClF2N2OS. The second-order valence-electron chi connectivity index (χ2n) is 8.07. The summed E-state index contributed by atoms with van der Waals surface area (Å²) in [6.45, 7) is 9.87. The average molecular weight is 497 g/mol. The van der Waals surface area contributed by atoms with E-state index in [1.165, 1.54) is 17.9 Å². The molecule has 0 N–H and O–H groups in total. The van der Waals surface area contributed by atoms with Crippen LogP contribution in [0.5, 0.6) is 0 Å². The number of benzene rings is 2. The third kappa shape index (κ3) is 7.43. The molecule has 2 aromatic carbocycles. The van der Waals surface area contributed by atoms with Gasteiger partial charge in [-0.05, 0) is 80.4 Å². The summed E-state index contributed by atoms with van der Waals surface area (Å²) in [6.07, 6.45) is 5.28. The van der Waals surface area contributed by atoms with Crippen LogP contribution in [0.25, 0.3) is 0 Å². The molecule has 33 heavy (non-hydrogen) atoms. The van der Waals surface area contributed by atoms with Crippen molar-refractivity contribution in [3.05, 3.63) is 64.2 Å². The lowest BCUT2D eigenvalue weighted by molar-refractivity contribution is 0.0982. The van der Waals surface area contributed by atoms with Gasteiger partial charge in [0.05, 0.1) is 5.56 Å². The zero-order chi connectivity index (χ0) is 24.4. The van der Waals surface area contributed by atoms with Gasteiger partial charge in [0.15, 0.2) is 11.6 Å². The minimum absolute atomic E-state index is 0.111. The monoisotopic (exact) mass is 496 g/mol. The Morgan fingerprint density at radius 3 is 2.55 bits per heavy atom. The third-order valence-corrected chi connectivity index (χ3v) is 6.72. The van der Waals surface area contributed by atoms with E-state index in [1.54, 1.807) is 17.0 Å². The number of unbranched alkanes of at least 4 members (excludes halogenated alkanes) is 1. The van der Waals surface area contributed by atoms with E-state index < -0.39 is 17.5 Å². The van der Waals surface area contributed by atoms with Gasteiger partial charge in [-0.25, -0.2) is 8.78 Å². The van der Waals surface area contributed by atoms with Crippen LogP contribution in [-0.4, -0.2) is 49.0 Å².